The second kappa shape index (κ2) is 7.09. The van der Waals surface area contributed by atoms with E-state index in [9.17, 15) is 4.79 Å². The van der Waals surface area contributed by atoms with Crippen LogP contribution in [0.25, 0.3) is 0 Å². The maximum Gasteiger partial charge on any atom is 0.262 e. The Morgan fingerprint density at radius 1 is 1.24 bits per heavy atom. The number of hydrogen-bond donors (Lipinski definition) is 2. The Balaban J connectivity index is 1.97. The van der Waals surface area contributed by atoms with Crippen LogP contribution in [0.4, 0.5) is 5.69 Å². The van der Waals surface area contributed by atoms with Crippen LogP contribution in [-0.2, 0) is 4.79 Å². The second-order valence-electron chi connectivity index (χ2n) is 4.47. The monoisotopic (exact) mass is 283 g/mol. The van der Waals surface area contributed by atoms with E-state index in [0.717, 1.165) is 16.8 Å². The van der Waals surface area contributed by atoms with Gasteiger partial charge in [0.2, 0.25) is 0 Å². The summed E-state index contributed by atoms with van der Waals surface area (Å²) < 4.78 is 5.50. The second-order valence-corrected chi connectivity index (χ2v) is 4.47. The summed E-state index contributed by atoms with van der Waals surface area (Å²) in [7, 11) is 0. The highest BCUT2D eigenvalue weighted by Crippen LogP contribution is 2.16. The van der Waals surface area contributed by atoms with Crippen molar-refractivity contribution in [2.45, 2.75) is 6.92 Å². The molecule has 0 fully saturated rings. The zero-order chi connectivity index (χ0) is 15.1. The number of aryl methyl sites for hydroxylation is 1. The maximum atomic E-state index is 11.9. The highest BCUT2D eigenvalue weighted by Gasteiger charge is 2.07. The summed E-state index contributed by atoms with van der Waals surface area (Å²) in [5.74, 6) is 5.48. The average molecular weight is 283 g/mol. The summed E-state index contributed by atoms with van der Waals surface area (Å²) in [4.78, 5) is 11.9. The fourth-order valence-electron chi connectivity index (χ4n) is 1.84. The van der Waals surface area contributed by atoms with Crippen molar-refractivity contribution >= 4 is 17.8 Å². The van der Waals surface area contributed by atoms with Crippen molar-refractivity contribution in [1.29, 1.82) is 0 Å². The lowest BCUT2D eigenvalue weighted by molar-refractivity contribution is -0.118. The van der Waals surface area contributed by atoms with Crippen LogP contribution in [-0.4, -0.2) is 18.7 Å². The smallest absolute Gasteiger partial charge is 0.262 e. The molecule has 5 heteroatoms. The van der Waals surface area contributed by atoms with E-state index in [1.807, 2.05) is 49.4 Å². The Morgan fingerprint density at radius 3 is 2.71 bits per heavy atom. The van der Waals surface area contributed by atoms with E-state index < -0.39 is 0 Å². The first-order valence-corrected chi connectivity index (χ1v) is 6.51. The van der Waals surface area contributed by atoms with E-state index in [2.05, 4.69) is 10.4 Å². The molecule has 108 valence electrons. The molecule has 0 saturated heterocycles. The Kier molecular flexibility index (Phi) is 4.93. The largest absolute Gasteiger partial charge is 0.483 e. The predicted molar refractivity (Wildman–Crippen MR) is 83.5 cm³/mol. The van der Waals surface area contributed by atoms with Gasteiger partial charge in [-0.15, -0.1) is 0 Å². The summed E-state index contributed by atoms with van der Waals surface area (Å²) in [6, 6.07) is 14.8. The molecule has 0 radical (unpaired) electrons. The molecule has 0 heterocycles. The number of anilines is 1. The van der Waals surface area contributed by atoms with Gasteiger partial charge < -0.3 is 15.9 Å². The number of nitrogens with one attached hydrogen (secondary N) is 1. The highest BCUT2D eigenvalue weighted by molar-refractivity contribution is 5.92. The normalized spacial score (nSPS) is 10.5. The van der Waals surface area contributed by atoms with Crippen LogP contribution in [0.3, 0.4) is 0 Å². The van der Waals surface area contributed by atoms with Crippen molar-refractivity contribution in [3.63, 3.8) is 0 Å². The minimum atomic E-state index is -0.219. The van der Waals surface area contributed by atoms with Crippen molar-refractivity contribution in [2.75, 3.05) is 11.9 Å². The first-order chi connectivity index (χ1) is 10.2. The van der Waals surface area contributed by atoms with E-state index >= 15 is 0 Å². The van der Waals surface area contributed by atoms with Gasteiger partial charge in [0.05, 0.1) is 6.21 Å². The van der Waals surface area contributed by atoms with E-state index in [1.54, 1.807) is 6.07 Å². The Morgan fingerprint density at radius 2 is 1.95 bits per heavy atom. The topological polar surface area (TPSA) is 76.7 Å². The number of nitrogens with two attached hydrogens (primary N) is 1. The van der Waals surface area contributed by atoms with Gasteiger partial charge in [0.15, 0.2) is 6.61 Å². The zero-order valence-electron chi connectivity index (χ0n) is 11.7. The molecule has 3 N–H and O–H groups in total. The van der Waals surface area contributed by atoms with Crippen LogP contribution < -0.4 is 15.9 Å². The lowest BCUT2D eigenvalue weighted by atomic mass is 10.2. The molecule has 0 spiro atoms. The summed E-state index contributed by atoms with van der Waals surface area (Å²) in [6.07, 6.45) is 1.48. The Labute approximate surface area is 123 Å². The van der Waals surface area contributed by atoms with Crippen LogP contribution in [0.1, 0.15) is 11.1 Å². The van der Waals surface area contributed by atoms with Gasteiger partial charge in [-0.25, -0.2) is 0 Å². The van der Waals surface area contributed by atoms with Crippen LogP contribution in [0, 0.1) is 6.92 Å². The number of carbonyl (C=O) groups is 1. The SMILES string of the molecule is Cc1ccccc1NC(=O)COc1ccccc1C=NN. The van der Waals surface area contributed by atoms with Crippen molar-refractivity contribution in [3.8, 4) is 5.75 Å². The molecule has 0 atom stereocenters. The molecule has 5 nitrogen and oxygen atoms in total. The molecule has 0 saturated carbocycles. The number of carbonyl (C=O) groups excluding carboxylic acids is 1. The van der Waals surface area contributed by atoms with Crippen molar-refractivity contribution in [2.24, 2.45) is 10.9 Å². The minimum Gasteiger partial charge on any atom is -0.483 e. The van der Waals surface area contributed by atoms with Gasteiger partial charge in [0, 0.05) is 11.3 Å². The number of ether oxygens (including phenoxy) is 1. The van der Waals surface area contributed by atoms with Crippen LogP contribution in [0.2, 0.25) is 0 Å². The minimum absolute atomic E-state index is 0.0796. The van der Waals surface area contributed by atoms with Gasteiger partial charge in [-0.1, -0.05) is 30.3 Å². The van der Waals surface area contributed by atoms with Crippen molar-refractivity contribution in [1.82, 2.24) is 0 Å². The summed E-state index contributed by atoms with van der Waals surface area (Å²) in [5.41, 5.74) is 2.51. The molecule has 0 bridgehead atoms. The third-order valence-corrected chi connectivity index (χ3v) is 2.91. The van der Waals surface area contributed by atoms with Crippen LogP contribution in [0.5, 0.6) is 5.75 Å². The maximum absolute atomic E-state index is 11.9. The molecular weight excluding hydrogens is 266 g/mol. The van der Waals surface area contributed by atoms with Gasteiger partial charge in [0.1, 0.15) is 5.75 Å². The number of benzene rings is 2. The van der Waals surface area contributed by atoms with Gasteiger partial charge in [-0.2, -0.15) is 5.10 Å². The average Bonchev–Trinajstić information content (AvgIpc) is 2.49. The lowest BCUT2D eigenvalue weighted by Gasteiger charge is -2.10. The quantitative estimate of drug-likeness (QED) is 0.502. The van der Waals surface area contributed by atoms with Gasteiger partial charge >= 0.3 is 0 Å². The zero-order valence-corrected chi connectivity index (χ0v) is 11.7. The number of hydrogen-bond acceptors (Lipinski definition) is 4. The van der Waals surface area contributed by atoms with Crippen LogP contribution >= 0.6 is 0 Å². The highest BCUT2D eigenvalue weighted by atomic mass is 16.5. The number of amides is 1. The Bertz CT molecular complexity index is 653. The molecule has 2 rings (SSSR count). The predicted octanol–water partition coefficient (Wildman–Crippen LogP) is 2.31. The number of para-hydroxylation sites is 2. The first-order valence-electron chi connectivity index (χ1n) is 6.51. The molecule has 1 amide bonds. The number of rotatable bonds is 5. The fourth-order valence-corrected chi connectivity index (χ4v) is 1.84. The molecule has 2 aromatic carbocycles. The molecule has 0 unspecified atom stereocenters. The first kappa shape index (κ1) is 14.6. The third kappa shape index (κ3) is 4.07. The molecule has 2 aromatic rings. The molecule has 21 heavy (non-hydrogen) atoms. The molecule has 0 aliphatic carbocycles. The van der Waals surface area contributed by atoms with Gasteiger partial charge in [-0.3, -0.25) is 4.79 Å². The number of nitrogens with zero attached hydrogens (tertiary/aromatic N) is 1. The number of hydrazone groups is 1. The molecule has 0 aliphatic rings. The standard InChI is InChI=1S/C16H17N3O2/c1-12-6-2-4-8-14(12)19-16(20)11-21-15-9-5-3-7-13(15)10-18-17/h2-10H,11,17H2,1H3,(H,19,20). The van der Waals surface area contributed by atoms with Crippen molar-refractivity contribution < 1.29 is 9.53 Å². The Hall–Kier alpha value is -2.82. The van der Waals surface area contributed by atoms with E-state index in [-0.39, 0.29) is 12.5 Å². The summed E-state index contributed by atoms with van der Waals surface area (Å²) in [6.45, 7) is 1.85. The van der Waals surface area contributed by atoms with E-state index in [1.165, 1.54) is 6.21 Å². The van der Waals surface area contributed by atoms with E-state index in [0.29, 0.717) is 5.75 Å². The third-order valence-electron chi connectivity index (χ3n) is 2.91. The van der Waals surface area contributed by atoms with E-state index in [4.69, 9.17) is 10.6 Å². The lowest BCUT2D eigenvalue weighted by Crippen LogP contribution is -2.21. The van der Waals surface area contributed by atoms with Crippen LogP contribution in [0.15, 0.2) is 53.6 Å². The van der Waals surface area contributed by atoms with Crippen molar-refractivity contribution in [3.05, 3.63) is 59.7 Å². The van der Waals surface area contributed by atoms with Gasteiger partial charge in [0.25, 0.3) is 5.91 Å². The molecule has 0 aliphatic heterocycles. The molecular formula is C16H17N3O2. The van der Waals surface area contributed by atoms with Gasteiger partial charge in [-0.05, 0) is 30.7 Å². The summed E-state index contributed by atoms with van der Waals surface area (Å²) >= 11 is 0. The molecule has 0 aromatic heterocycles. The summed E-state index contributed by atoms with van der Waals surface area (Å²) in [5, 5.41) is 6.28. The fraction of sp³-hybridized carbons (Fsp3) is 0.125.